The molecule has 2 aliphatic rings. The SMILES string of the molecule is CSN1CCCC2(CNC2)C1. The van der Waals surface area contributed by atoms with E-state index in [2.05, 4.69) is 15.9 Å². The van der Waals surface area contributed by atoms with E-state index < -0.39 is 0 Å². The van der Waals surface area contributed by atoms with Crippen LogP contribution in [0.3, 0.4) is 0 Å². The lowest BCUT2D eigenvalue weighted by atomic mass is 9.76. The van der Waals surface area contributed by atoms with Gasteiger partial charge in [-0.1, -0.05) is 11.9 Å². The Hall–Kier alpha value is 0.270. The van der Waals surface area contributed by atoms with E-state index in [0.717, 1.165) is 0 Å². The highest BCUT2D eigenvalue weighted by Crippen LogP contribution is 2.35. The number of hydrogen-bond donors (Lipinski definition) is 1. The van der Waals surface area contributed by atoms with E-state index in [9.17, 15) is 0 Å². The fourth-order valence-corrected chi connectivity index (χ4v) is 2.80. The van der Waals surface area contributed by atoms with Gasteiger partial charge in [0.1, 0.15) is 0 Å². The standard InChI is InChI=1S/C8H16N2S/c1-11-10-4-2-3-8(7-10)5-9-6-8/h9H,2-7H2,1H3. The Morgan fingerprint density at radius 1 is 1.45 bits per heavy atom. The Balaban J connectivity index is 1.92. The van der Waals surface area contributed by atoms with Gasteiger partial charge in [-0.25, -0.2) is 0 Å². The molecule has 0 aromatic carbocycles. The lowest BCUT2D eigenvalue weighted by Crippen LogP contribution is -2.60. The molecule has 0 atom stereocenters. The molecule has 1 spiro atoms. The third kappa shape index (κ3) is 1.42. The predicted octanol–water partition coefficient (Wildman–Crippen LogP) is 0.950. The molecule has 0 radical (unpaired) electrons. The van der Waals surface area contributed by atoms with E-state index in [1.807, 2.05) is 11.9 Å². The van der Waals surface area contributed by atoms with Gasteiger partial charge in [0.05, 0.1) is 0 Å². The molecule has 2 aliphatic heterocycles. The number of nitrogens with one attached hydrogen (secondary N) is 1. The van der Waals surface area contributed by atoms with Crippen LogP contribution in [0, 0.1) is 5.41 Å². The number of rotatable bonds is 1. The van der Waals surface area contributed by atoms with Crippen LogP contribution in [0.2, 0.25) is 0 Å². The highest BCUT2D eigenvalue weighted by atomic mass is 32.2. The van der Waals surface area contributed by atoms with Crippen molar-refractivity contribution in [2.75, 3.05) is 32.4 Å². The van der Waals surface area contributed by atoms with Crippen LogP contribution < -0.4 is 5.32 Å². The normalized spacial score (nSPS) is 30.3. The summed E-state index contributed by atoms with van der Waals surface area (Å²) in [4.78, 5) is 0. The molecule has 64 valence electrons. The molecule has 1 N–H and O–H groups in total. The molecule has 2 heterocycles. The lowest BCUT2D eigenvalue weighted by Gasteiger charge is -2.48. The summed E-state index contributed by atoms with van der Waals surface area (Å²) in [7, 11) is 0. The van der Waals surface area contributed by atoms with E-state index in [-0.39, 0.29) is 0 Å². The van der Waals surface area contributed by atoms with Crippen molar-refractivity contribution < 1.29 is 0 Å². The maximum absolute atomic E-state index is 3.38. The highest BCUT2D eigenvalue weighted by Gasteiger charge is 2.40. The van der Waals surface area contributed by atoms with Crippen molar-refractivity contribution >= 4 is 11.9 Å². The van der Waals surface area contributed by atoms with Crippen molar-refractivity contribution in [1.29, 1.82) is 0 Å². The first-order chi connectivity index (χ1) is 5.35. The molecule has 0 aromatic heterocycles. The Bertz CT molecular complexity index is 145. The summed E-state index contributed by atoms with van der Waals surface area (Å²) in [5.41, 5.74) is 0.668. The topological polar surface area (TPSA) is 15.3 Å². The molecular formula is C8H16N2S. The first-order valence-electron chi connectivity index (χ1n) is 4.34. The van der Waals surface area contributed by atoms with Gasteiger partial charge in [-0.05, 0) is 19.1 Å². The van der Waals surface area contributed by atoms with Gasteiger partial charge >= 0.3 is 0 Å². The van der Waals surface area contributed by atoms with Gasteiger partial charge in [-0.2, -0.15) is 0 Å². The molecule has 0 amide bonds. The van der Waals surface area contributed by atoms with Crippen LogP contribution in [0.5, 0.6) is 0 Å². The number of piperidine rings is 1. The van der Waals surface area contributed by atoms with Gasteiger partial charge in [-0.3, -0.25) is 4.31 Å². The molecule has 0 saturated carbocycles. The molecular weight excluding hydrogens is 156 g/mol. The van der Waals surface area contributed by atoms with Crippen LogP contribution in [-0.2, 0) is 0 Å². The second-order valence-electron chi connectivity index (χ2n) is 3.75. The average Bonchev–Trinajstić information content (AvgIpc) is 2.02. The third-order valence-electron chi connectivity index (χ3n) is 2.88. The summed E-state index contributed by atoms with van der Waals surface area (Å²) >= 11 is 1.90. The first kappa shape index (κ1) is 7.90. The summed E-state index contributed by atoms with van der Waals surface area (Å²) in [5, 5.41) is 3.38. The van der Waals surface area contributed by atoms with Crippen molar-refractivity contribution in [3.05, 3.63) is 0 Å². The van der Waals surface area contributed by atoms with Crippen molar-refractivity contribution in [2.45, 2.75) is 12.8 Å². The van der Waals surface area contributed by atoms with E-state index in [4.69, 9.17) is 0 Å². The zero-order valence-electron chi connectivity index (χ0n) is 7.10. The van der Waals surface area contributed by atoms with E-state index in [0.29, 0.717) is 5.41 Å². The third-order valence-corrected chi connectivity index (χ3v) is 3.71. The van der Waals surface area contributed by atoms with E-state index in [1.54, 1.807) is 0 Å². The van der Waals surface area contributed by atoms with Crippen LogP contribution in [0.4, 0.5) is 0 Å². The van der Waals surface area contributed by atoms with Crippen LogP contribution in [0.1, 0.15) is 12.8 Å². The van der Waals surface area contributed by atoms with Gasteiger partial charge in [0.25, 0.3) is 0 Å². The summed E-state index contributed by atoms with van der Waals surface area (Å²) in [6.07, 6.45) is 5.02. The minimum Gasteiger partial charge on any atom is -0.315 e. The smallest absolute Gasteiger partial charge is 0.0170 e. The lowest BCUT2D eigenvalue weighted by molar-refractivity contribution is 0.0868. The molecule has 0 aromatic rings. The van der Waals surface area contributed by atoms with Gasteiger partial charge < -0.3 is 5.32 Å². The highest BCUT2D eigenvalue weighted by molar-refractivity contribution is 7.96. The van der Waals surface area contributed by atoms with Crippen LogP contribution in [0.15, 0.2) is 0 Å². The minimum absolute atomic E-state index is 0.668. The molecule has 2 fully saturated rings. The largest absolute Gasteiger partial charge is 0.315 e. The molecule has 2 saturated heterocycles. The molecule has 2 nitrogen and oxygen atoms in total. The second kappa shape index (κ2) is 2.96. The monoisotopic (exact) mass is 172 g/mol. The molecule has 0 unspecified atom stereocenters. The number of hydrogen-bond acceptors (Lipinski definition) is 3. The Labute approximate surface area is 72.9 Å². The zero-order chi connectivity index (χ0) is 7.73. The second-order valence-corrected chi connectivity index (χ2v) is 4.63. The van der Waals surface area contributed by atoms with E-state index in [1.165, 1.54) is 39.0 Å². The Kier molecular flexibility index (Phi) is 2.12. The van der Waals surface area contributed by atoms with Crippen molar-refractivity contribution in [3.63, 3.8) is 0 Å². The summed E-state index contributed by atoms with van der Waals surface area (Å²) in [5.74, 6) is 0. The first-order valence-corrected chi connectivity index (χ1v) is 5.53. The van der Waals surface area contributed by atoms with Crippen LogP contribution >= 0.6 is 11.9 Å². The molecule has 0 aliphatic carbocycles. The molecule has 3 heteroatoms. The Morgan fingerprint density at radius 3 is 2.82 bits per heavy atom. The van der Waals surface area contributed by atoms with Crippen LogP contribution in [-0.4, -0.2) is 36.7 Å². The summed E-state index contributed by atoms with van der Waals surface area (Å²) < 4.78 is 2.50. The van der Waals surface area contributed by atoms with Gasteiger partial charge in [0, 0.05) is 31.6 Å². The maximum atomic E-state index is 3.38. The maximum Gasteiger partial charge on any atom is 0.0170 e. The quantitative estimate of drug-likeness (QED) is 0.593. The number of nitrogens with zero attached hydrogens (tertiary/aromatic N) is 1. The van der Waals surface area contributed by atoms with Gasteiger partial charge in [0.2, 0.25) is 0 Å². The summed E-state index contributed by atoms with van der Waals surface area (Å²) in [6.45, 7) is 5.11. The fraction of sp³-hybridized carbons (Fsp3) is 1.00. The predicted molar refractivity (Wildman–Crippen MR) is 49.6 cm³/mol. The van der Waals surface area contributed by atoms with Crippen LogP contribution in [0.25, 0.3) is 0 Å². The van der Waals surface area contributed by atoms with Crippen molar-refractivity contribution in [2.24, 2.45) is 5.41 Å². The fourth-order valence-electron chi connectivity index (χ4n) is 2.09. The van der Waals surface area contributed by atoms with Gasteiger partial charge in [0.15, 0.2) is 0 Å². The molecule has 0 bridgehead atoms. The minimum atomic E-state index is 0.668. The Morgan fingerprint density at radius 2 is 2.27 bits per heavy atom. The molecule has 11 heavy (non-hydrogen) atoms. The van der Waals surface area contributed by atoms with E-state index >= 15 is 0 Å². The van der Waals surface area contributed by atoms with Crippen molar-refractivity contribution in [1.82, 2.24) is 9.62 Å². The zero-order valence-corrected chi connectivity index (χ0v) is 7.91. The van der Waals surface area contributed by atoms with Gasteiger partial charge in [-0.15, -0.1) is 0 Å². The molecule has 2 rings (SSSR count). The average molecular weight is 172 g/mol. The summed E-state index contributed by atoms with van der Waals surface area (Å²) in [6, 6.07) is 0. The van der Waals surface area contributed by atoms with Crippen molar-refractivity contribution in [3.8, 4) is 0 Å².